The van der Waals surface area contributed by atoms with E-state index in [1.54, 1.807) is 0 Å². The molecule has 0 spiro atoms. The number of furan rings is 1. The zero-order valence-corrected chi connectivity index (χ0v) is 22.9. The van der Waals surface area contributed by atoms with Crippen LogP contribution in [0.5, 0.6) is 0 Å². The van der Waals surface area contributed by atoms with Crippen LogP contribution in [0.3, 0.4) is 0 Å². The summed E-state index contributed by atoms with van der Waals surface area (Å²) in [5.41, 5.74) is 10.2. The Morgan fingerprint density at radius 3 is 1.83 bits per heavy atom. The average Bonchev–Trinajstić information content (AvgIpc) is 3.69. The first-order chi connectivity index (χ1) is 20.3. The second-order valence-electron chi connectivity index (χ2n) is 10.6. The third kappa shape index (κ3) is 3.43. The second-order valence-corrected chi connectivity index (χ2v) is 11.7. The lowest BCUT2D eigenvalue weighted by atomic mass is 10.0. The van der Waals surface area contributed by atoms with Crippen LogP contribution in [0.1, 0.15) is 0 Å². The minimum atomic E-state index is 0.908. The van der Waals surface area contributed by atoms with E-state index in [-0.39, 0.29) is 0 Å². The molecule has 0 saturated carbocycles. The van der Waals surface area contributed by atoms with Gasteiger partial charge in [-0.25, -0.2) is 0 Å². The molecule has 0 N–H and O–H groups in total. The van der Waals surface area contributed by atoms with Crippen LogP contribution in [0.4, 0.5) is 0 Å². The van der Waals surface area contributed by atoms with Crippen molar-refractivity contribution in [3.05, 3.63) is 140 Å². The lowest BCUT2D eigenvalue weighted by Crippen LogP contribution is -1.92. The Balaban J connectivity index is 1.23. The summed E-state index contributed by atoms with van der Waals surface area (Å²) < 4.78 is 11.5. The number of hydrogen-bond donors (Lipinski definition) is 0. The van der Waals surface area contributed by atoms with Crippen molar-refractivity contribution in [3.63, 3.8) is 0 Å². The first-order valence-corrected chi connectivity index (χ1v) is 14.7. The summed E-state index contributed by atoms with van der Waals surface area (Å²) in [6.45, 7) is 0. The molecule has 0 bridgehead atoms. The Labute approximate surface area is 240 Å². The standard InChI is InChI=1S/C38H23NOS/c1-3-9-24(10-4-1)26-15-18-29-30-19-16-27(23-36(30)41-35(29)22-26)25-17-20-34-32(21-25)37-38(40-34)31-13-7-8-14-33(31)39(37)28-11-5-2-6-12-28/h1-23H. The maximum absolute atomic E-state index is 6.50. The monoisotopic (exact) mass is 541 g/mol. The van der Waals surface area contributed by atoms with Crippen LogP contribution in [0.2, 0.25) is 0 Å². The number of nitrogens with zero attached hydrogens (tertiary/aromatic N) is 1. The Hall–Kier alpha value is -5.12. The van der Waals surface area contributed by atoms with Gasteiger partial charge in [-0.3, -0.25) is 0 Å². The average molecular weight is 542 g/mol. The number of benzene rings is 6. The maximum atomic E-state index is 6.50. The van der Waals surface area contributed by atoms with Gasteiger partial charge in [0.15, 0.2) is 5.58 Å². The fourth-order valence-corrected chi connectivity index (χ4v) is 7.45. The second kappa shape index (κ2) is 8.69. The van der Waals surface area contributed by atoms with Crippen molar-refractivity contribution in [2.24, 2.45) is 0 Å². The van der Waals surface area contributed by atoms with Crippen LogP contribution in [0, 0.1) is 0 Å². The predicted molar refractivity (Wildman–Crippen MR) is 174 cm³/mol. The highest BCUT2D eigenvalue weighted by Crippen LogP contribution is 2.42. The minimum absolute atomic E-state index is 0.908. The molecule has 0 saturated heterocycles. The van der Waals surface area contributed by atoms with Crippen LogP contribution in [0.15, 0.2) is 144 Å². The summed E-state index contributed by atoms with van der Waals surface area (Å²) in [6, 6.07) is 50.0. The molecule has 41 heavy (non-hydrogen) atoms. The first-order valence-electron chi connectivity index (χ1n) is 13.9. The Kier molecular flexibility index (Phi) is 4.80. The summed E-state index contributed by atoms with van der Waals surface area (Å²) >= 11 is 1.87. The van der Waals surface area contributed by atoms with E-state index in [1.807, 2.05) is 11.3 Å². The molecule has 3 heterocycles. The van der Waals surface area contributed by atoms with E-state index >= 15 is 0 Å². The predicted octanol–water partition coefficient (Wildman–Crippen LogP) is 11.2. The number of rotatable bonds is 3. The lowest BCUT2D eigenvalue weighted by Gasteiger charge is -2.08. The zero-order chi connectivity index (χ0) is 26.9. The molecule has 9 aromatic rings. The van der Waals surface area contributed by atoms with E-state index in [2.05, 4.69) is 144 Å². The van der Waals surface area contributed by atoms with Crippen LogP contribution in [0.25, 0.3) is 81.1 Å². The third-order valence-corrected chi connectivity index (χ3v) is 9.32. The number of aromatic nitrogens is 1. The topological polar surface area (TPSA) is 18.1 Å². The minimum Gasteiger partial charge on any atom is -0.454 e. The van der Waals surface area contributed by atoms with Crippen molar-refractivity contribution in [1.29, 1.82) is 0 Å². The van der Waals surface area contributed by atoms with Crippen LogP contribution < -0.4 is 0 Å². The van der Waals surface area contributed by atoms with Gasteiger partial charge in [0.05, 0.1) is 5.52 Å². The molecule has 192 valence electrons. The van der Waals surface area contributed by atoms with Gasteiger partial charge < -0.3 is 8.98 Å². The van der Waals surface area contributed by atoms with E-state index in [0.29, 0.717) is 0 Å². The molecule has 2 nitrogen and oxygen atoms in total. The molecule has 0 amide bonds. The number of hydrogen-bond acceptors (Lipinski definition) is 2. The summed E-state index contributed by atoms with van der Waals surface area (Å²) in [5, 5.41) is 4.88. The normalized spacial score (nSPS) is 11.9. The molecule has 9 rings (SSSR count). The van der Waals surface area contributed by atoms with Crippen molar-refractivity contribution >= 4 is 64.5 Å². The first kappa shape index (κ1) is 22.7. The van der Waals surface area contributed by atoms with Crippen molar-refractivity contribution in [1.82, 2.24) is 4.57 Å². The fraction of sp³-hybridized carbons (Fsp3) is 0. The Bertz CT molecular complexity index is 2410. The number of fused-ring (bicyclic) bond motifs is 8. The molecule has 0 aliphatic heterocycles. The van der Waals surface area contributed by atoms with Gasteiger partial charge in [-0.2, -0.15) is 0 Å². The van der Waals surface area contributed by atoms with E-state index in [1.165, 1.54) is 42.4 Å². The van der Waals surface area contributed by atoms with Gasteiger partial charge in [0, 0.05) is 36.6 Å². The molecule has 0 fully saturated rings. The summed E-state index contributed by atoms with van der Waals surface area (Å²) in [6.07, 6.45) is 0. The van der Waals surface area contributed by atoms with E-state index < -0.39 is 0 Å². The molecule has 6 aromatic carbocycles. The van der Waals surface area contributed by atoms with Crippen LogP contribution >= 0.6 is 11.3 Å². The molecular weight excluding hydrogens is 518 g/mol. The van der Waals surface area contributed by atoms with Crippen molar-refractivity contribution in [2.45, 2.75) is 0 Å². The van der Waals surface area contributed by atoms with Crippen molar-refractivity contribution in [3.8, 4) is 27.9 Å². The van der Waals surface area contributed by atoms with Gasteiger partial charge in [0.25, 0.3) is 0 Å². The van der Waals surface area contributed by atoms with Crippen molar-refractivity contribution < 1.29 is 4.42 Å². The molecule has 0 unspecified atom stereocenters. The SMILES string of the molecule is c1ccc(-c2ccc3c(c2)sc2cc(-c4ccc5oc6c7ccccc7n(-c7ccccc7)c6c5c4)ccc23)cc1. The fourth-order valence-electron chi connectivity index (χ4n) is 6.26. The van der Waals surface area contributed by atoms with Gasteiger partial charge in [-0.1, -0.05) is 91.0 Å². The zero-order valence-electron chi connectivity index (χ0n) is 22.0. The summed E-state index contributed by atoms with van der Waals surface area (Å²) in [4.78, 5) is 0. The molecule has 3 aromatic heterocycles. The lowest BCUT2D eigenvalue weighted by molar-refractivity contribution is 0.673. The van der Waals surface area contributed by atoms with Crippen molar-refractivity contribution in [2.75, 3.05) is 0 Å². The van der Waals surface area contributed by atoms with E-state index in [4.69, 9.17) is 4.42 Å². The highest BCUT2D eigenvalue weighted by atomic mass is 32.1. The highest BCUT2D eigenvalue weighted by molar-refractivity contribution is 7.25. The molecule has 3 heteroatoms. The van der Waals surface area contributed by atoms with Crippen LogP contribution in [-0.2, 0) is 0 Å². The number of para-hydroxylation sites is 2. The van der Waals surface area contributed by atoms with E-state index in [9.17, 15) is 0 Å². The van der Waals surface area contributed by atoms with Gasteiger partial charge in [-0.15, -0.1) is 11.3 Å². The van der Waals surface area contributed by atoms with Gasteiger partial charge in [-0.05, 0) is 70.8 Å². The molecule has 0 radical (unpaired) electrons. The van der Waals surface area contributed by atoms with Gasteiger partial charge in [0.1, 0.15) is 11.1 Å². The largest absolute Gasteiger partial charge is 0.454 e. The van der Waals surface area contributed by atoms with Gasteiger partial charge in [0.2, 0.25) is 0 Å². The third-order valence-electron chi connectivity index (χ3n) is 8.20. The highest BCUT2D eigenvalue weighted by Gasteiger charge is 2.19. The van der Waals surface area contributed by atoms with Gasteiger partial charge >= 0.3 is 0 Å². The molecule has 0 atom stereocenters. The molecular formula is C38H23NOS. The quantitative estimate of drug-likeness (QED) is 0.217. The summed E-state index contributed by atoms with van der Waals surface area (Å²) in [5.74, 6) is 0. The molecule has 0 aliphatic rings. The smallest absolute Gasteiger partial charge is 0.161 e. The Morgan fingerprint density at radius 2 is 1.07 bits per heavy atom. The van der Waals surface area contributed by atoms with Crippen LogP contribution in [-0.4, -0.2) is 4.57 Å². The molecule has 0 aliphatic carbocycles. The van der Waals surface area contributed by atoms with E-state index in [0.717, 1.165) is 38.7 Å². The maximum Gasteiger partial charge on any atom is 0.161 e. The number of thiophene rings is 1. The summed E-state index contributed by atoms with van der Waals surface area (Å²) in [7, 11) is 0. The Morgan fingerprint density at radius 1 is 0.463 bits per heavy atom.